The molecule has 2 rings (SSSR count). The molecule has 1 N–H and O–H groups in total. The van der Waals surface area contributed by atoms with E-state index >= 15 is 0 Å². The van der Waals surface area contributed by atoms with Crippen LogP contribution in [0.5, 0.6) is 0 Å². The van der Waals surface area contributed by atoms with Gasteiger partial charge >= 0.3 is 5.97 Å². The lowest BCUT2D eigenvalue weighted by molar-refractivity contribution is -0.152. The molecule has 0 saturated carbocycles. The van der Waals surface area contributed by atoms with E-state index in [0.29, 0.717) is 19.5 Å². The molecule has 1 heterocycles. The Morgan fingerprint density at radius 3 is 2.56 bits per heavy atom. The third-order valence-electron chi connectivity index (χ3n) is 4.25. The quantitative estimate of drug-likeness (QED) is 0.818. The molecule has 1 aliphatic heterocycles. The van der Waals surface area contributed by atoms with Crippen molar-refractivity contribution in [3.8, 4) is 0 Å². The van der Waals surface area contributed by atoms with Crippen LogP contribution in [0.15, 0.2) is 11.1 Å². The molecular formula is C14H21NO3. The van der Waals surface area contributed by atoms with E-state index in [1.54, 1.807) is 11.8 Å². The van der Waals surface area contributed by atoms with Crippen molar-refractivity contribution < 1.29 is 14.7 Å². The predicted molar refractivity (Wildman–Crippen MR) is 68.1 cm³/mol. The fraction of sp³-hybridized carbons (Fsp3) is 0.714. The van der Waals surface area contributed by atoms with Crippen molar-refractivity contribution in [2.75, 3.05) is 13.1 Å². The van der Waals surface area contributed by atoms with Crippen LogP contribution in [0.1, 0.15) is 46.0 Å². The Bertz CT molecular complexity index is 413. The molecule has 2 aliphatic rings. The van der Waals surface area contributed by atoms with Gasteiger partial charge in [-0.1, -0.05) is 5.57 Å². The van der Waals surface area contributed by atoms with Gasteiger partial charge in [0.15, 0.2) is 0 Å². The monoisotopic (exact) mass is 251 g/mol. The van der Waals surface area contributed by atoms with Crippen LogP contribution in [0.2, 0.25) is 0 Å². The number of carbonyl (C=O) groups excluding carboxylic acids is 1. The molecule has 0 radical (unpaired) electrons. The highest BCUT2D eigenvalue weighted by molar-refractivity contribution is 5.95. The van der Waals surface area contributed by atoms with E-state index in [0.717, 1.165) is 31.3 Å². The number of amides is 1. The second-order valence-electron chi connectivity index (χ2n) is 5.81. The summed E-state index contributed by atoms with van der Waals surface area (Å²) in [6.07, 6.45) is 4.35. The number of aliphatic carboxylic acids is 1. The summed E-state index contributed by atoms with van der Waals surface area (Å²) >= 11 is 0. The molecule has 0 aromatic heterocycles. The van der Waals surface area contributed by atoms with E-state index < -0.39 is 11.4 Å². The summed E-state index contributed by atoms with van der Waals surface area (Å²) in [6, 6.07) is 0. The maximum atomic E-state index is 12.4. The average molecular weight is 251 g/mol. The fourth-order valence-corrected chi connectivity index (χ4v) is 2.96. The molecule has 0 aromatic carbocycles. The van der Waals surface area contributed by atoms with Gasteiger partial charge in [-0.25, -0.2) is 0 Å². The van der Waals surface area contributed by atoms with Crippen LogP contribution in [0.3, 0.4) is 0 Å². The Morgan fingerprint density at radius 1 is 1.28 bits per heavy atom. The zero-order valence-corrected chi connectivity index (χ0v) is 11.2. The molecule has 0 bridgehead atoms. The van der Waals surface area contributed by atoms with Gasteiger partial charge in [0.25, 0.3) is 0 Å². The summed E-state index contributed by atoms with van der Waals surface area (Å²) in [4.78, 5) is 25.4. The number of allylic oxidation sites excluding steroid dienone is 1. The molecule has 4 nitrogen and oxygen atoms in total. The summed E-state index contributed by atoms with van der Waals surface area (Å²) in [5.41, 5.74) is 1.33. The van der Waals surface area contributed by atoms with E-state index in [9.17, 15) is 14.7 Å². The highest BCUT2D eigenvalue weighted by Crippen LogP contribution is 2.33. The minimum atomic E-state index is -0.794. The first kappa shape index (κ1) is 13.1. The molecule has 1 amide bonds. The van der Waals surface area contributed by atoms with E-state index in [1.165, 1.54) is 5.57 Å². The summed E-state index contributed by atoms with van der Waals surface area (Å²) in [5.74, 6) is -0.728. The van der Waals surface area contributed by atoms with Crippen molar-refractivity contribution in [1.29, 1.82) is 0 Å². The Morgan fingerprint density at radius 2 is 2.00 bits per heavy atom. The van der Waals surface area contributed by atoms with Gasteiger partial charge < -0.3 is 10.0 Å². The average Bonchev–Trinajstić information content (AvgIpc) is 2.74. The van der Waals surface area contributed by atoms with Crippen LogP contribution in [0.4, 0.5) is 0 Å². The zero-order valence-electron chi connectivity index (χ0n) is 11.2. The molecule has 1 unspecified atom stereocenters. The van der Waals surface area contributed by atoms with E-state index in [1.807, 2.05) is 6.92 Å². The Labute approximate surface area is 108 Å². The first-order chi connectivity index (χ1) is 8.44. The van der Waals surface area contributed by atoms with Crippen LogP contribution in [-0.2, 0) is 9.59 Å². The van der Waals surface area contributed by atoms with E-state index in [-0.39, 0.29) is 5.91 Å². The summed E-state index contributed by atoms with van der Waals surface area (Å²) < 4.78 is 0. The number of carbonyl (C=O) groups is 2. The number of nitrogens with zero attached hydrogens (tertiary/aromatic N) is 1. The summed E-state index contributed by atoms with van der Waals surface area (Å²) in [5, 5.41) is 9.26. The fourth-order valence-electron chi connectivity index (χ4n) is 2.96. The van der Waals surface area contributed by atoms with Gasteiger partial charge in [-0.3, -0.25) is 9.59 Å². The molecule has 0 spiro atoms. The van der Waals surface area contributed by atoms with Crippen molar-refractivity contribution in [3.63, 3.8) is 0 Å². The van der Waals surface area contributed by atoms with Gasteiger partial charge in [0.1, 0.15) is 0 Å². The van der Waals surface area contributed by atoms with Gasteiger partial charge in [0, 0.05) is 18.7 Å². The normalized spacial score (nSPS) is 28.7. The maximum Gasteiger partial charge on any atom is 0.311 e. The number of rotatable bonds is 2. The Balaban J connectivity index is 2.12. The lowest BCUT2D eigenvalue weighted by Crippen LogP contribution is -2.48. The third kappa shape index (κ3) is 2.28. The Hall–Kier alpha value is -1.32. The van der Waals surface area contributed by atoms with Gasteiger partial charge in [-0.2, -0.15) is 0 Å². The molecule has 4 heteroatoms. The largest absolute Gasteiger partial charge is 0.481 e. The maximum absolute atomic E-state index is 12.4. The van der Waals surface area contributed by atoms with Crippen LogP contribution >= 0.6 is 0 Å². The second kappa shape index (κ2) is 4.75. The number of hydrogen-bond donors (Lipinski definition) is 1. The molecule has 1 fully saturated rings. The minimum absolute atomic E-state index is 0.0668. The lowest BCUT2D eigenvalue weighted by atomic mass is 9.82. The second-order valence-corrected chi connectivity index (χ2v) is 5.81. The van der Waals surface area contributed by atoms with Crippen molar-refractivity contribution in [1.82, 2.24) is 4.90 Å². The number of carboxylic acid groups (broad SMARTS) is 1. The van der Waals surface area contributed by atoms with Gasteiger partial charge in [0.05, 0.1) is 5.41 Å². The van der Waals surface area contributed by atoms with Gasteiger partial charge in [0.2, 0.25) is 5.91 Å². The molecule has 100 valence electrons. The van der Waals surface area contributed by atoms with Crippen molar-refractivity contribution >= 4 is 11.9 Å². The van der Waals surface area contributed by atoms with Crippen LogP contribution in [0.25, 0.3) is 0 Å². The van der Waals surface area contributed by atoms with Gasteiger partial charge in [-0.05, 0) is 46.0 Å². The molecule has 1 atom stereocenters. The first-order valence-corrected chi connectivity index (χ1v) is 6.65. The highest BCUT2D eigenvalue weighted by Gasteiger charge is 2.40. The van der Waals surface area contributed by atoms with Crippen LogP contribution in [-0.4, -0.2) is 35.0 Å². The number of carboxylic acids is 1. The lowest BCUT2D eigenvalue weighted by Gasteiger charge is -2.37. The zero-order chi connectivity index (χ0) is 13.3. The third-order valence-corrected chi connectivity index (χ3v) is 4.25. The molecule has 18 heavy (non-hydrogen) atoms. The van der Waals surface area contributed by atoms with E-state index in [4.69, 9.17) is 0 Å². The van der Waals surface area contributed by atoms with Gasteiger partial charge in [-0.15, -0.1) is 0 Å². The summed E-state index contributed by atoms with van der Waals surface area (Å²) in [7, 11) is 0. The molecule has 1 aliphatic carbocycles. The topological polar surface area (TPSA) is 57.6 Å². The Kier molecular flexibility index (Phi) is 3.46. The SMILES string of the molecule is CC1=C(C(=O)N2CCCC(C)(C(=O)O)C2)CCC1. The van der Waals surface area contributed by atoms with Crippen molar-refractivity contribution in [2.24, 2.45) is 5.41 Å². The number of piperidine rings is 1. The highest BCUT2D eigenvalue weighted by atomic mass is 16.4. The summed E-state index contributed by atoms with van der Waals surface area (Å²) in [6.45, 7) is 4.79. The smallest absolute Gasteiger partial charge is 0.311 e. The molecule has 1 saturated heterocycles. The predicted octanol–water partition coefficient (Wildman–Crippen LogP) is 2.20. The van der Waals surface area contributed by atoms with Crippen LogP contribution in [0, 0.1) is 5.41 Å². The number of likely N-dealkylation sites (tertiary alicyclic amines) is 1. The van der Waals surface area contributed by atoms with E-state index in [2.05, 4.69) is 0 Å². The molecule has 0 aromatic rings. The minimum Gasteiger partial charge on any atom is -0.481 e. The first-order valence-electron chi connectivity index (χ1n) is 6.65. The standard InChI is InChI=1S/C14H21NO3/c1-10-5-3-6-11(10)12(16)15-8-4-7-14(2,9-15)13(17)18/h3-9H2,1-2H3,(H,17,18). The van der Waals surface area contributed by atoms with Crippen molar-refractivity contribution in [3.05, 3.63) is 11.1 Å². The number of hydrogen-bond acceptors (Lipinski definition) is 2. The molecular weight excluding hydrogens is 230 g/mol. The van der Waals surface area contributed by atoms with Crippen molar-refractivity contribution in [2.45, 2.75) is 46.0 Å². The van der Waals surface area contributed by atoms with Crippen LogP contribution < -0.4 is 0 Å².